The van der Waals surface area contributed by atoms with Crippen molar-refractivity contribution in [1.82, 2.24) is 4.90 Å². The highest BCUT2D eigenvalue weighted by Crippen LogP contribution is 2.48. The first-order valence-electron chi connectivity index (χ1n) is 6.19. The van der Waals surface area contributed by atoms with Gasteiger partial charge in [-0.3, -0.25) is 4.90 Å². The quantitative estimate of drug-likeness (QED) is 0.798. The molecule has 16 heavy (non-hydrogen) atoms. The fourth-order valence-electron chi connectivity index (χ4n) is 2.82. The molecule has 1 fully saturated rings. The minimum Gasteiger partial charge on any atom is -0.383 e. The van der Waals surface area contributed by atoms with Crippen molar-refractivity contribution in [1.29, 1.82) is 0 Å². The third-order valence-corrected chi connectivity index (χ3v) is 4.77. The second-order valence-electron chi connectivity index (χ2n) is 4.86. The molecule has 1 aromatic rings. The van der Waals surface area contributed by atoms with E-state index in [0.29, 0.717) is 6.04 Å². The van der Waals surface area contributed by atoms with Crippen molar-refractivity contribution in [2.24, 2.45) is 5.92 Å². The van der Waals surface area contributed by atoms with Gasteiger partial charge in [0.1, 0.15) is 0 Å². The van der Waals surface area contributed by atoms with Crippen molar-refractivity contribution in [2.75, 3.05) is 26.8 Å². The first-order valence-corrected chi connectivity index (χ1v) is 7.07. The van der Waals surface area contributed by atoms with Crippen LogP contribution in [0.25, 0.3) is 0 Å². The second-order valence-corrected chi connectivity index (χ2v) is 5.86. The third kappa shape index (κ3) is 1.92. The maximum Gasteiger partial charge on any atom is 0.0589 e. The highest BCUT2D eigenvalue weighted by molar-refractivity contribution is 7.10. The summed E-state index contributed by atoms with van der Waals surface area (Å²) in [6.07, 6.45) is 4.08. The first kappa shape index (κ1) is 10.8. The molecule has 0 bridgehead atoms. The molecule has 2 aliphatic rings. The Morgan fingerprint density at radius 2 is 2.38 bits per heavy atom. The molecule has 0 spiro atoms. The van der Waals surface area contributed by atoms with E-state index in [4.69, 9.17) is 4.74 Å². The van der Waals surface area contributed by atoms with Crippen molar-refractivity contribution >= 4 is 11.3 Å². The lowest BCUT2D eigenvalue weighted by Crippen LogP contribution is -2.38. The molecule has 3 rings (SSSR count). The molecule has 2 nitrogen and oxygen atoms in total. The highest BCUT2D eigenvalue weighted by Gasteiger charge is 2.39. The van der Waals surface area contributed by atoms with Gasteiger partial charge in [-0.15, -0.1) is 11.3 Å². The number of fused-ring (bicyclic) bond motifs is 1. The van der Waals surface area contributed by atoms with Crippen LogP contribution in [0, 0.1) is 5.92 Å². The molecule has 0 N–H and O–H groups in total. The summed E-state index contributed by atoms with van der Waals surface area (Å²) in [4.78, 5) is 4.27. The van der Waals surface area contributed by atoms with Crippen LogP contribution in [-0.4, -0.2) is 31.7 Å². The molecule has 1 atom stereocenters. The Balaban J connectivity index is 1.80. The monoisotopic (exact) mass is 237 g/mol. The van der Waals surface area contributed by atoms with Gasteiger partial charge in [-0.25, -0.2) is 0 Å². The predicted octanol–water partition coefficient (Wildman–Crippen LogP) is 2.70. The van der Waals surface area contributed by atoms with Gasteiger partial charge >= 0.3 is 0 Å². The maximum absolute atomic E-state index is 5.22. The largest absolute Gasteiger partial charge is 0.383 e. The number of hydrogen-bond donors (Lipinski definition) is 0. The Bertz CT molecular complexity index is 359. The summed E-state index contributed by atoms with van der Waals surface area (Å²) in [7, 11) is 1.80. The van der Waals surface area contributed by atoms with Crippen LogP contribution in [0.1, 0.15) is 29.3 Å². The van der Waals surface area contributed by atoms with Crippen LogP contribution >= 0.6 is 11.3 Å². The topological polar surface area (TPSA) is 12.5 Å². The van der Waals surface area contributed by atoms with Gasteiger partial charge < -0.3 is 4.74 Å². The van der Waals surface area contributed by atoms with Crippen molar-refractivity contribution in [2.45, 2.75) is 25.3 Å². The Morgan fingerprint density at radius 3 is 3.12 bits per heavy atom. The number of thiophene rings is 1. The van der Waals surface area contributed by atoms with Crippen molar-refractivity contribution in [3.8, 4) is 0 Å². The summed E-state index contributed by atoms with van der Waals surface area (Å²) in [5, 5.41) is 2.26. The lowest BCUT2D eigenvalue weighted by Gasteiger charge is -2.36. The lowest BCUT2D eigenvalue weighted by molar-refractivity contribution is 0.105. The molecule has 1 aromatic heterocycles. The molecule has 0 unspecified atom stereocenters. The first-order chi connectivity index (χ1) is 7.90. The summed E-state index contributed by atoms with van der Waals surface area (Å²) in [6, 6.07) is 3.05. The standard InChI is InChI=1S/C13H19NOS/c1-15-8-7-14-6-4-12-11(5-9-16-12)13(14)10-2-3-10/h5,9-10,13H,2-4,6-8H2,1H3/t13-/m1/s1. The maximum atomic E-state index is 5.22. The highest BCUT2D eigenvalue weighted by atomic mass is 32.1. The van der Waals surface area contributed by atoms with Crippen LogP contribution in [0.5, 0.6) is 0 Å². The zero-order valence-electron chi connectivity index (χ0n) is 9.82. The molecular formula is C13H19NOS. The van der Waals surface area contributed by atoms with E-state index in [2.05, 4.69) is 16.3 Å². The van der Waals surface area contributed by atoms with E-state index >= 15 is 0 Å². The van der Waals surface area contributed by atoms with Crippen LogP contribution in [0.15, 0.2) is 11.4 Å². The van der Waals surface area contributed by atoms with Gasteiger partial charge in [-0.05, 0) is 42.2 Å². The molecule has 88 valence electrons. The van der Waals surface area contributed by atoms with E-state index in [1.54, 1.807) is 17.6 Å². The summed E-state index contributed by atoms with van der Waals surface area (Å²) < 4.78 is 5.22. The third-order valence-electron chi connectivity index (χ3n) is 3.77. The number of hydrogen-bond acceptors (Lipinski definition) is 3. The second kappa shape index (κ2) is 4.47. The van der Waals surface area contributed by atoms with Crippen LogP contribution in [-0.2, 0) is 11.2 Å². The molecule has 1 aliphatic carbocycles. The average molecular weight is 237 g/mol. The van der Waals surface area contributed by atoms with Crippen LogP contribution in [0.2, 0.25) is 0 Å². The number of ether oxygens (including phenoxy) is 1. The SMILES string of the molecule is COCCN1CCc2sccc2[C@H]1C1CC1. The summed E-state index contributed by atoms with van der Waals surface area (Å²) in [5.74, 6) is 0.922. The predicted molar refractivity (Wildman–Crippen MR) is 66.9 cm³/mol. The van der Waals surface area contributed by atoms with Crippen LogP contribution in [0.4, 0.5) is 0 Å². The minimum absolute atomic E-state index is 0.699. The minimum atomic E-state index is 0.699. The van der Waals surface area contributed by atoms with Gasteiger partial charge in [-0.1, -0.05) is 0 Å². The zero-order chi connectivity index (χ0) is 11.0. The summed E-state index contributed by atoms with van der Waals surface area (Å²) >= 11 is 1.94. The Morgan fingerprint density at radius 1 is 1.50 bits per heavy atom. The van der Waals surface area contributed by atoms with Crippen LogP contribution < -0.4 is 0 Å². The Kier molecular flexibility index (Phi) is 3.01. The van der Waals surface area contributed by atoms with E-state index in [9.17, 15) is 0 Å². The van der Waals surface area contributed by atoms with E-state index in [1.807, 2.05) is 11.3 Å². The molecule has 3 heteroatoms. The molecule has 0 saturated heterocycles. The average Bonchev–Trinajstić information content (AvgIpc) is 3.02. The van der Waals surface area contributed by atoms with Crippen molar-refractivity contribution < 1.29 is 4.74 Å². The molecule has 1 aliphatic heterocycles. The van der Waals surface area contributed by atoms with Crippen molar-refractivity contribution in [3.63, 3.8) is 0 Å². The summed E-state index contributed by atoms with van der Waals surface area (Å²) in [6.45, 7) is 3.17. The Labute approximate surface area is 101 Å². The molecule has 0 aromatic carbocycles. The van der Waals surface area contributed by atoms with Gasteiger partial charge in [0.15, 0.2) is 0 Å². The fourth-order valence-corrected chi connectivity index (χ4v) is 3.73. The zero-order valence-corrected chi connectivity index (χ0v) is 10.6. The van der Waals surface area contributed by atoms with E-state index < -0.39 is 0 Å². The normalized spacial score (nSPS) is 25.7. The van der Waals surface area contributed by atoms with E-state index in [0.717, 1.165) is 19.1 Å². The molecular weight excluding hydrogens is 218 g/mol. The molecule has 1 saturated carbocycles. The smallest absolute Gasteiger partial charge is 0.0589 e. The number of methoxy groups -OCH3 is 1. The lowest BCUT2D eigenvalue weighted by atomic mass is 9.96. The molecule has 0 amide bonds. The van der Waals surface area contributed by atoms with E-state index in [1.165, 1.54) is 25.8 Å². The Hall–Kier alpha value is -0.380. The van der Waals surface area contributed by atoms with Gasteiger partial charge in [0.05, 0.1) is 6.61 Å². The van der Waals surface area contributed by atoms with Crippen molar-refractivity contribution in [3.05, 3.63) is 21.9 Å². The molecule has 2 heterocycles. The fraction of sp³-hybridized carbons (Fsp3) is 0.692. The number of rotatable bonds is 4. The van der Waals surface area contributed by atoms with Crippen LogP contribution in [0.3, 0.4) is 0 Å². The van der Waals surface area contributed by atoms with Gasteiger partial charge in [0, 0.05) is 31.1 Å². The van der Waals surface area contributed by atoms with Gasteiger partial charge in [0.25, 0.3) is 0 Å². The summed E-state index contributed by atoms with van der Waals surface area (Å²) in [5.41, 5.74) is 1.62. The van der Waals surface area contributed by atoms with Gasteiger partial charge in [-0.2, -0.15) is 0 Å². The van der Waals surface area contributed by atoms with E-state index in [-0.39, 0.29) is 0 Å². The number of nitrogens with zero attached hydrogens (tertiary/aromatic N) is 1. The van der Waals surface area contributed by atoms with Gasteiger partial charge in [0.2, 0.25) is 0 Å². The molecule has 0 radical (unpaired) electrons.